The van der Waals surface area contributed by atoms with Gasteiger partial charge in [-0.15, -0.1) is 0 Å². The van der Waals surface area contributed by atoms with E-state index < -0.39 is 0 Å². The lowest BCUT2D eigenvalue weighted by molar-refractivity contribution is 0.534. The van der Waals surface area contributed by atoms with Crippen molar-refractivity contribution in [1.82, 2.24) is 5.32 Å². The van der Waals surface area contributed by atoms with Crippen LogP contribution in [0.2, 0.25) is 5.02 Å². The second-order valence-electron chi connectivity index (χ2n) is 3.32. The Morgan fingerprint density at radius 3 is 2.46 bits per heavy atom. The summed E-state index contributed by atoms with van der Waals surface area (Å²) in [6.45, 7) is 5.29. The van der Waals surface area contributed by atoms with Crippen LogP contribution in [0.4, 0.5) is 0 Å². The van der Waals surface area contributed by atoms with Crippen LogP contribution in [0, 0.1) is 0 Å². The number of rotatable bonds is 4. The van der Waals surface area contributed by atoms with Gasteiger partial charge in [-0.25, -0.2) is 0 Å². The van der Waals surface area contributed by atoms with Crippen LogP contribution in [0.5, 0.6) is 0 Å². The Morgan fingerprint density at radius 1 is 1.31 bits per heavy atom. The molecule has 1 aromatic rings. The normalized spacial score (nSPS) is 12.8. The third-order valence-corrected chi connectivity index (χ3v) is 2.43. The smallest absolute Gasteiger partial charge is 0.0406 e. The van der Waals surface area contributed by atoms with Gasteiger partial charge in [0.15, 0.2) is 0 Å². The molecular formula is C11H16ClN. The first-order valence-corrected chi connectivity index (χ1v) is 5.08. The van der Waals surface area contributed by atoms with E-state index in [0.717, 1.165) is 18.0 Å². The number of hydrogen-bond donors (Lipinski definition) is 1. The maximum absolute atomic E-state index is 5.78. The summed E-state index contributed by atoms with van der Waals surface area (Å²) < 4.78 is 0. The van der Waals surface area contributed by atoms with Crippen molar-refractivity contribution >= 4 is 11.6 Å². The Kier molecular flexibility index (Phi) is 4.26. The molecule has 0 aliphatic carbocycles. The number of halogens is 1. The molecule has 0 radical (unpaired) electrons. The van der Waals surface area contributed by atoms with E-state index in [1.807, 2.05) is 12.1 Å². The molecule has 72 valence electrons. The van der Waals surface area contributed by atoms with Crippen LogP contribution in [-0.2, 0) is 6.54 Å². The van der Waals surface area contributed by atoms with Crippen molar-refractivity contribution in [3.05, 3.63) is 34.9 Å². The molecule has 1 unspecified atom stereocenters. The topological polar surface area (TPSA) is 12.0 Å². The predicted molar refractivity (Wildman–Crippen MR) is 58.0 cm³/mol. The number of hydrogen-bond acceptors (Lipinski definition) is 1. The molecule has 0 heterocycles. The minimum Gasteiger partial charge on any atom is -0.310 e. The van der Waals surface area contributed by atoms with Crippen LogP contribution < -0.4 is 5.32 Å². The van der Waals surface area contributed by atoms with Gasteiger partial charge >= 0.3 is 0 Å². The Bertz CT molecular complexity index is 243. The SMILES string of the molecule is CCC(C)NCc1ccc(Cl)cc1. The van der Waals surface area contributed by atoms with Crippen molar-refractivity contribution in [2.75, 3.05) is 0 Å². The first kappa shape index (κ1) is 10.6. The van der Waals surface area contributed by atoms with Crippen LogP contribution in [0.3, 0.4) is 0 Å². The average molecular weight is 198 g/mol. The summed E-state index contributed by atoms with van der Waals surface area (Å²) in [5.74, 6) is 0. The Balaban J connectivity index is 2.41. The molecule has 1 rings (SSSR count). The van der Waals surface area contributed by atoms with E-state index in [2.05, 4.69) is 31.3 Å². The summed E-state index contributed by atoms with van der Waals surface area (Å²) in [6.07, 6.45) is 1.16. The molecule has 0 aliphatic rings. The molecule has 0 spiro atoms. The summed E-state index contributed by atoms with van der Waals surface area (Å²) in [7, 11) is 0. The molecule has 1 aromatic carbocycles. The van der Waals surface area contributed by atoms with Crippen molar-refractivity contribution in [1.29, 1.82) is 0 Å². The Labute approximate surface area is 85.1 Å². The second kappa shape index (κ2) is 5.25. The highest BCUT2D eigenvalue weighted by molar-refractivity contribution is 6.30. The minimum absolute atomic E-state index is 0.579. The van der Waals surface area contributed by atoms with Gasteiger partial charge in [0.2, 0.25) is 0 Å². The van der Waals surface area contributed by atoms with E-state index >= 15 is 0 Å². The second-order valence-corrected chi connectivity index (χ2v) is 3.75. The highest BCUT2D eigenvalue weighted by atomic mass is 35.5. The van der Waals surface area contributed by atoms with E-state index in [-0.39, 0.29) is 0 Å². The van der Waals surface area contributed by atoms with Crippen molar-refractivity contribution < 1.29 is 0 Å². The van der Waals surface area contributed by atoms with E-state index in [4.69, 9.17) is 11.6 Å². The zero-order chi connectivity index (χ0) is 9.68. The molecule has 0 amide bonds. The lowest BCUT2D eigenvalue weighted by Crippen LogP contribution is -2.24. The maximum atomic E-state index is 5.78. The standard InChI is InChI=1S/C11H16ClN/c1-3-9(2)13-8-10-4-6-11(12)7-5-10/h4-7,9,13H,3,8H2,1-2H3. The van der Waals surface area contributed by atoms with Crippen LogP contribution in [-0.4, -0.2) is 6.04 Å². The molecule has 0 saturated carbocycles. The van der Waals surface area contributed by atoms with Gasteiger partial charge in [-0.2, -0.15) is 0 Å². The fraction of sp³-hybridized carbons (Fsp3) is 0.455. The number of benzene rings is 1. The van der Waals surface area contributed by atoms with Gasteiger partial charge in [-0.05, 0) is 31.0 Å². The summed E-state index contributed by atoms with van der Waals surface area (Å²) in [4.78, 5) is 0. The molecule has 1 nitrogen and oxygen atoms in total. The fourth-order valence-corrected chi connectivity index (χ4v) is 1.16. The maximum Gasteiger partial charge on any atom is 0.0406 e. The largest absolute Gasteiger partial charge is 0.310 e. The zero-order valence-electron chi connectivity index (χ0n) is 8.18. The van der Waals surface area contributed by atoms with Gasteiger partial charge in [0, 0.05) is 17.6 Å². The van der Waals surface area contributed by atoms with Crippen LogP contribution in [0.1, 0.15) is 25.8 Å². The first-order valence-electron chi connectivity index (χ1n) is 4.70. The zero-order valence-corrected chi connectivity index (χ0v) is 8.93. The molecule has 1 N–H and O–H groups in total. The van der Waals surface area contributed by atoms with Crippen molar-refractivity contribution in [2.24, 2.45) is 0 Å². The summed E-state index contributed by atoms with van der Waals surface area (Å²) >= 11 is 5.78. The molecule has 0 fully saturated rings. The molecule has 0 bridgehead atoms. The summed E-state index contributed by atoms with van der Waals surface area (Å²) in [5.41, 5.74) is 1.28. The molecule has 0 aromatic heterocycles. The summed E-state index contributed by atoms with van der Waals surface area (Å²) in [6, 6.07) is 8.54. The van der Waals surface area contributed by atoms with Gasteiger partial charge in [0.1, 0.15) is 0 Å². The Hall–Kier alpha value is -0.530. The predicted octanol–water partition coefficient (Wildman–Crippen LogP) is 3.23. The quantitative estimate of drug-likeness (QED) is 0.782. The van der Waals surface area contributed by atoms with E-state index in [1.54, 1.807) is 0 Å². The van der Waals surface area contributed by atoms with Gasteiger partial charge in [0.05, 0.1) is 0 Å². The van der Waals surface area contributed by atoms with Crippen molar-refractivity contribution in [3.8, 4) is 0 Å². The first-order chi connectivity index (χ1) is 6.22. The van der Waals surface area contributed by atoms with Gasteiger partial charge < -0.3 is 5.32 Å². The molecule has 2 heteroatoms. The van der Waals surface area contributed by atoms with E-state index in [1.165, 1.54) is 5.56 Å². The molecular weight excluding hydrogens is 182 g/mol. The van der Waals surface area contributed by atoms with Gasteiger partial charge in [-0.1, -0.05) is 30.7 Å². The monoisotopic (exact) mass is 197 g/mol. The van der Waals surface area contributed by atoms with Gasteiger partial charge in [0.25, 0.3) is 0 Å². The lowest BCUT2D eigenvalue weighted by atomic mass is 10.2. The summed E-state index contributed by atoms with van der Waals surface area (Å²) in [5, 5.41) is 4.22. The molecule has 0 saturated heterocycles. The van der Waals surface area contributed by atoms with Crippen LogP contribution in [0.15, 0.2) is 24.3 Å². The minimum atomic E-state index is 0.579. The third-order valence-electron chi connectivity index (χ3n) is 2.18. The highest BCUT2D eigenvalue weighted by Gasteiger charge is 1.97. The Morgan fingerprint density at radius 2 is 1.92 bits per heavy atom. The van der Waals surface area contributed by atoms with Crippen LogP contribution >= 0.6 is 11.6 Å². The number of nitrogens with one attached hydrogen (secondary N) is 1. The van der Waals surface area contributed by atoms with Crippen molar-refractivity contribution in [2.45, 2.75) is 32.9 Å². The van der Waals surface area contributed by atoms with Crippen molar-refractivity contribution in [3.63, 3.8) is 0 Å². The highest BCUT2D eigenvalue weighted by Crippen LogP contribution is 2.09. The molecule has 0 aliphatic heterocycles. The lowest BCUT2D eigenvalue weighted by Gasteiger charge is -2.10. The average Bonchev–Trinajstić information content (AvgIpc) is 2.16. The van der Waals surface area contributed by atoms with Crippen LogP contribution in [0.25, 0.3) is 0 Å². The van der Waals surface area contributed by atoms with E-state index in [9.17, 15) is 0 Å². The van der Waals surface area contributed by atoms with E-state index in [0.29, 0.717) is 6.04 Å². The molecule has 1 atom stereocenters. The third kappa shape index (κ3) is 3.79. The molecule has 13 heavy (non-hydrogen) atoms. The van der Waals surface area contributed by atoms with Gasteiger partial charge in [-0.3, -0.25) is 0 Å². The fourth-order valence-electron chi connectivity index (χ4n) is 1.04.